The van der Waals surface area contributed by atoms with Crippen LogP contribution in [0.5, 0.6) is 0 Å². The average molecular weight is 298 g/mol. The number of benzene rings is 1. The molecular weight excluding hydrogens is 279 g/mol. The third-order valence-electron chi connectivity index (χ3n) is 3.62. The van der Waals surface area contributed by atoms with Crippen LogP contribution >= 0.6 is 7.37 Å². The topological polar surface area (TPSA) is 83.8 Å². The molecule has 5 nitrogen and oxygen atoms in total. The second-order valence-corrected chi connectivity index (χ2v) is 7.46. The summed E-state index contributed by atoms with van der Waals surface area (Å²) in [6.07, 6.45) is 1.64. The van der Waals surface area contributed by atoms with Gasteiger partial charge < -0.3 is 14.7 Å². The zero-order chi connectivity index (χ0) is 14.8. The molecule has 20 heavy (non-hydrogen) atoms. The number of rotatable bonds is 5. The molecule has 3 atom stereocenters. The Balaban J connectivity index is 2.20. The van der Waals surface area contributed by atoms with Gasteiger partial charge in [-0.3, -0.25) is 9.36 Å². The average Bonchev–Trinajstić information content (AvgIpc) is 2.90. The Bertz CT molecular complexity index is 536. The molecule has 1 aromatic carbocycles. The van der Waals surface area contributed by atoms with Gasteiger partial charge in [0.2, 0.25) is 7.37 Å². The first-order valence-corrected chi connectivity index (χ1v) is 8.51. The Morgan fingerprint density at radius 2 is 2.30 bits per heavy atom. The lowest BCUT2D eigenvalue weighted by Gasteiger charge is -2.17. The van der Waals surface area contributed by atoms with Crippen molar-refractivity contribution in [1.82, 2.24) is 0 Å². The molecule has 0 amide bonds. The van der Waals surface area contributed by atoms with Crippen LogP contribution in [0.3, 0.4) is 0 Å². The minimum Gasteiger partial charge on any atom is -0.481 e. The molecule has 0 aromatic heterocycles. The van der Waals surface area contributed by atoms with E-state index < -0.39 is 19.3 Å². The molecule has 0 spiro atoms. The maximum atomic E-state index is 12.4. The summed E-state index contributed by atoms with van der Waals surface area (Å²) < 4.78 is 17.8. The van der Waals surface area contributed by atoms with Crippen LogP contribution in [0.1, 0.15) is 31.2 Å². The smallest absolute Gasteiger partial charge is 0.310 e. The lowest BCUT2D eigenvalue weighted by Crippen LogP contribution is -2.18. The van der Waals surface area contributed by atoms with Gasteiger partial charge in [-0.25, -0.2) is 0 Å². The van der Waals surface area contributed by atoms with Crippen LogP contribution in [0.25, 0.3) is 0 Å². The predicted molar refractivity (Wildman–Crippen MR) is 75.8 cm³/mol. The molecule has 1 aliphatic rings. The number of hydrogen-bond acceptors (Lipinski definition) is 3. The number of ether oxygens (including phenoxy) is 1. The van der Waals surface area contributed by atoms with Crippen LogP contribution in [0.4, 0.5) is 0 Å². The highest BCUT2D eigenvalue weighted by Crippen LogP contribution is 2.42. The van der Waals surface area contributed by atoms with Crippen LogP contribution in [-0.2, 0) is 14.1 Å². The summed E-state index contributed by atoms with van der Waals surface area (Å²) in [4.78, 5) is 21.2. The lowest BCUT2D eigenvalue weighted by molar-refractivity contribution is -0.138. The van der Waals surface area contributed by atoms with Crippen molar-refractivity contribution >= 4 is 18.6 Å². The summed E-state index contributed by atoms with van der Waals surface area (Å²) in [5, 5.41) is 9.31. The van der Waals surface area contributed by atoms with Gasteiger partial charge in [0.05, 0.1) is 18.2 Å². The Morgan fingerprint density at radius 3 is 2.90 bits per heavy atom. The van der Waals surface area contributed by atoms with E-state index in [1.165, 1.54) is 6.07 Å². The molecule has 2 N–H and O–H groups in total. The normalized spacial score (nSPS) is 23.2. The molecule has 0 bridgehead atoms. The van der Waals surface area contributed by atoms with E-state index in [0.717, 1.165) is 12.8 Å². The van der Waals surface area contributed by atoms with Crippen LogP contribution in [-0.4, -0.2) is 34.8 Å². The van der Waals surface area contributed by atoms with Crippen molar-refractivity contribution < 1.29 is 24.1 Å². The summed E-state index contributed by atoms with van der Waals surface area (Å²) in [6.45, 7) is 2.20. The number of carboxylic acids is 1. The SMILES string of the molecule is CC(C(=O)O)c1cccc(P(=O)(O)CC2CCCO2)c1. The van der Waals surface area contributed by atoms with Gasteiger partial charge in [-0.15, -0.1) is 0 Å². The van der Waals surface area contributed by atoms with E-state index in [4.69, 9.17) is 9.84 Å². The van der Waals surface area contributed by atoms with Crippen molar-refractivity contribution in [3.8, 4) is 0 Å². The number of carbonyl (C=O) groups is 1. The zero-order valence-corrected chi connectivity index (χ0v) is 12.3. The molecule has 0 saturated carbocycles. The summed E-state index contributed by atoms with van der Waals surface area (Å²) in [5.74, 6) is -1.65. The molecule has 2 rings (SSSR count). The maximum Gasteiger partial charge on any atom is 0.310 e. The van der Waals surface area contributed by atoms with Crippen molar-refractivity contribution in [2.24, 2.45) is 0 Å². The monoisotopic (exact) mass is 298 g/mol. The van der Waals surface area contributed by atoms with E-state index >= 15 is 0 Å². The summed E-state index contributed by atoms with van der Waals surface area (Å²) in [6, 6.07) is 6.39. The standard InChI is InChI=1S/C14H19O5P/c1-10(14(15)16)11-4-2-6-13(8-11)20(17,18)9-12-5-3-7-19-12/h2,4,6,8,10,12H,3,5,7,9H2,1H3,(H,15,16)(H,17,18). The highest BCUT2D eigenvalue weighted by molar-refractivity contribution is 7.66. The van der Waals surface area contributed by atoms with Gasteiger partial charge in [-0.1, -0.05) is 12.1 Å². The van der Waals surface area contributed by atoms with Gasteiger partial charge in [-0.2, -0.15) is 0 Å². The molecule has 1 saturated heterocycles. The number of hydrogen-bond donors (Lipinski definition) is 2. The quantitative estimate of drug-likeness (QED) is 0.812. The van der Waals surface area contributed by atoms with Gasteiger partial charge in [0.15, 0.2) is 0 Å². The Kier molecular flexibility index (Phi) is 4.63. The fraction of sp³-hybridized carbons (Fsp3) is 0.500. The minimum absolute atomic E-state index is 0.0951. The van der Waals surface area contributed by atoms with Gasteiger partial charge in [0, 0.05) is 11.9 Å². The van der Waals surface area contributed by atoms with E-state index in [0.29, 0.717) is 17.5 Å². The maximum absolute atomic E-state index is 12.4. The fourth-order valence-corrected chi connectivity index (χ4v) is 4.04. The third kappa shape index (κ3) is 3.48. The second-order valence-electron chi connectivity index (χ2n) is 5.17. The van der Waals surface area contributed by atoms with E-state index in [2.05, 4.69) is 0 Å². The molecule has 1 aromatic rings. The summed E-state index contributed by atoms with van der Waals surface area (Å²) in [7, 11) is -3.51. The molecule has 0 aliphatic carbocycles. The summed E-state index contributed by atoms with van der Waals surface area (Å²) >= 11 is 0. The van der Waals surface area contributed by atoms with Gasteiger partial charge >= 0.3 is 5.97 Å². The second kappa shape index (κ2) is 6.08. The van der Waals surface area contributed by atoms with Crippen LogP contribution in [0.2, 0.25) is 0 Å². The van der Waals surface area contributed by atoms with Gasteiger partial charge in [0.25, 0.3) is 0 Å². The molecule has 1 fully saturated rings. The van der Waals surface area contributed by atoms with Crippen molar-refractivity contribution in [2.75, 3.05) is 12.8 Å². The molecule has 1 aliphatic heterocycles. The third-order valence-corrected chi connectivity index (χ3v) is 5.61. The van der Waals surface area contributed by atoms with E-state index in [-0.39, 0.29) is 12.3 Å². The number of aliphatic carboxylic acids is 1. The molecule has 110 valence electrons. The lowest BCUT2D eigenvalue weighted by atomic mass is 10.0. The van der Waals surface area contributed by atoms with Gasteiger partial charge in [-0.05, 0) is 37.5 Å². The van der Waals surface area contributed by atoms with Crippen molar-refractivity contribution in [2.45, 2.75) is 31.8 Å². The Morgan fingerprint density at radius 1 is 1.55 bits per heavy atom. The molecular formula is C14H19O5P. The first kappa shape index (κ1) is 15.2. The first-order chi connectivity index (χ1) is 9.40. The molecule has 0 radical (unpaired) electrons. The van der Waals surface area contributed by atoms with E-state index in [1.54, 1.807) is 25.1 Å². The van der Waals surface area contributed by atoms with Crippen molar-refractivity contribution in [3.63, 3.8) is 0 Å². The highest BCUT2D eigenvalue weighted by atomic mass is 31.2. The molecule has 6 heteroatoms. The van der Waals surface area contributed by atoms with E-state index in [1.807, 2.05) is 0 Å². The first-order valence-electron chi connectivity index (χ1n) is 6.67. The van der Waals surface area contributed by atoms with Crippen LogP contribution in [0, 0.1) is 0 Å². The van der Waals surface area contributed by atoms with Crippen molar-refractivity contribution in [1.29, 1.82) is 0 Å². The van der Waals surface area contributed by atoms with E-state index in [9.17, 15) is 14.3 Å². The largest absolute Gasteiger partial charge is 0.481 e. The zero-order valence-electron chi connectivity index (χ0n) is 11.4. The van der Waals surface area contributed by atoms with Crippen LogP contribution in [0.15, 0.2) is 24.3 Å². The molecule has 1 heterocycles. The molecule has 3 unspecified atom stereocenters. The highest BCUT2D eigenvalue weighted by Gasteiger charge is 2.29. The predicted octanol–water partition coefficient (Wildman–Crippen LogP) is 1.95. The fourth-order valence-electron chi connectivity index (χ4n) is 2.32. The van der Waals surface area contributed by atoms with Gasteiger partial charge in [0.1, 0.15) is 0 Å². The van der Waals surface area contributed by atoms with Crippen molar-refractivity contribution in [3.05, 3.63) is 29.8 Å². The Hall–Kier alpha value is -1.16. The summed E-state index contributed by atoms with van der Waals surface area (Å²) in [5.41, 5.74) is 0.539. The number of carboxylic acid groups (broad SMARTS) is 1. The Labute approximate surface area is 118 Å². The minimum atomic E-state index is -3.51. The van der Waals surface area contributed by atoms with Crippen LogP contribution < -0.4 is 5.30 Å².